The molecule has 1 aliphatic carbocycles. The minimum Gasteiger partial charge on any atom is -0.393 e. The summed E-state index contributed by atoms with van der Waals surface area (Å²) in [6, 6.07) is 2.09. The van der Waals surface area contributed by atoms with E-state index in [1.165, 1.54) is 0 Å². The second kappa shape index (κ2) is 5.43. The Kier molecular flexibility index (Phi) is 3.66. The summed E-state index contributed by atoms with van der Waals surface area (Å²) in [6.07, 6.45) is 5.68. The lowest BCUT2D eigenvalue weighted by molar-refractivity contribution is 0.0731. The fourth-order valence-corrected chi connectivity index (χ4v) is 2.91. The summed E-state index contributed by atoms with van der Waals surface area (Å²) >= 11 is 0. The molecule has 0 radical (unpaired) electrons. The van der Waals surface area contributed by atoms with Crippen LogP contribution in [0.15, 0.2) is 12.4 Å². The Hall–Kier alpha value is -1.20. The topological polar surface area (TPSA) is 58.5 Å². The van der Waals surface area contributed by atoms with E-state index in [0.29, 0.717) is 12.0 Å². The van der Waals surface area contributed by atoms with Crippen molar-refractivity contribution in [2.45, 2.75) is 43.8 Å². The first-order chi connectivity index (χ1) is 9.26. The number of aliphatic hydroxyl groups excluding tert-OH is 1. The molecule has 2 fully saturated rings. The van der Waals surface area contributed by atoms with Crippen molar-refractivity contribution in [1.82, 2.24) is 9.97 Å². The molecule has 2 heterocycles. The lowest BCUT2D eigenvalue weighted by Gasteiger charge is -2.34. The second-order valence-electron chi connectivity index (χ2n) is 5.55. The maximum absolute atomic E-state index is 9.39. The van der Waals surface area contributed by atoms with E-state index in [9.17, 15) is 5.11 Å². The molecule has 104 valence electrons. The summed E-state index contributed by atoms with van der Waals surface area (Å²) in [7, 11) is 1.78. The maximum atomic E-state index is 9.39. The van der Waals surface area contributed by atoms with E-state index >= 15 is 0 Å². The molecule has 19 heavy (non-hydrogen) atoms. The van der Waals surface area contributed by atoms with Gasteiger partial charge in [0.1, 0.15) is 12.1 Å². The second-order valence-corrected chi connectivity index (χ2v) is 5.55. The number of rotatable bonds is 3. The highest BCUT2D eigenvalue weighted by molar-refractivity contribution is 5.40. The van der Waals surface area contributed by atoms with E-state index < -0.39 is 0 Å². The van der Waals surface area contributed by atoms with Crippen LogP contribution in [0.5, 0.6) is 0 Å². The summed E-state index contributed by atoms with van der Waals surface area (Å²) in [5, 5.41) is 9.39. The zero-order chi connectivity index (χ0) is 13.2. The third-order valence-corrected chi connectivity index (χ3v) is 4.30. The van der Waals surface area contributed by atoms with Gasteiger partial charge in [-0.3, -0.25) is 0 Å². The number of methoxy groups -OCH3 is 1. The van der Waals surface area contributed by atoms with Gasteiger partial charge in [0.25, 0.3) is 0 Å². The van der Waals surface area contributed by atoms with Crippen LogP contribution in [0, 0.1) is 0 Å². The smallest absolute Gasteiger partial charge is 0.132 e. The first kappa shape index (κ1) is 12.8. The lowest BCUT2D eigenvalue weighted by Crippen LogP contribution is -2.37. The van der Waals surface area contributed by atoms with Gasteiger partial charge in [0.05, 0.1) is 12.2 Å². The third kappa shape index (κ3) is 2.72. The zero-order valence-corrected chi connectivity index (χ0v) is 11.3. The van der Waals surface area contributed by atoms with Crippen LogP contribution < -0.4 is 4.90 Å². The van der Waals surface area contributed by atoms with E-state index in [1.54, 1.807) is 13.4 Å². The molecule has 1 aromatic rings. The minimum absolute atomic E-state index is 0.138. The Morgan fingerprint density at radius 2 is 2.00 bits per heavy atom. The largest absolute Gasteiger partial charge is 0.393 e. The van der Waals surface area contributed by atoms with E-state index in [-0.39, 0.29) is 6.10 Å². The van der Waals surface area contributed by atoms with E-state index in [0.717, 1.165) is 50.3 Å². The number of aromatic nitrogens is 2. The summed E-state index contributed by atoms with van der Waals surface area (Å²) in [4.78, 5) is 11.0. The van der Waals surface area contributed by atoms with Gasteiger partial charge in [0.2, 0.25) is 0 Å². The number of anilines is 1. The summed E-state index contributed by atoms with van der Waals surface area (Å²) in [6.45, 7) is 1.98. The van der Waals surface area contributed by atoms with E-state index in [4.69, 9.17) is 4.74 Å². The normalized spacial score (nSPS) is 28.2. The van der Waals surface area contributed by atoms with Crippen molar-refractivity contribution in [1.29, 1.82) is 0 Å². The van der Waals surface area contributed by atoms with Crippen LogP contribution in [0.1, 0.15) is 37.3 Å². The van der Waals surface area contributed by atoms with Crippen LogP contribution in [0.4, 0.5) is 5.82 Å². The molecule has 0 bridgehead atoms. The van der Waals surface area contributed by atoms with Crippen molar-refractivity contribution in [3.05, 3.63) is 18.1 Å². The molecule has 1 aliphatic heterocycles. The van der Waals surface area contributed by atoms with Gasteiger partial charge in [0, 0.05) is 37.9 Å². The van der Waals surface area contributed by atoms with Crippen LogP contribution >= 0.6 is 0 Å². The third-order valence-electron chi connectivity index (χ3n) is 4.30. The van der Waals surface area contributed by atoms with Gasteiger partial charge in [0.15, 0.2) is 0 Å². The average molecular weight is 263 g/mol. The first-order valence-electron chi connectivity index (χ1n) is 7.04. The zero-order valence-electron chi connectivity index (χ0n) is 11.3. The van der Waals surface area contributed by atoms with Crippen LogP contribution in [0.25, 0.3) is 0 Å². The molecule has 0 amide bonds. The molecule has 0 unspecified atom stereocenters. The van der Waals surface area contributed by atoms with E-state index in [1.807, 2.05) is 0 Å². The molecule has 1 aromatic heterocycles. The van der Waals surface area contributed by atoms with Crippen molar-refractivity contribution in [3.63, 3.8) is 0 Å². The molecule has 1 saturated heterocycles. The molecule has 0 spiro atoms. The molecule has 5 heteroatoms. The van der Waals surface area contributed by atoms with Gasteiger partial charge in [-0.25, -0.2) is 9.97 Å². The standard InChI is InChI=1S/C14H21N3O2/c1-19-12-2-4-17(5-3-12)14-8-13(15-9-16-14)10-6-11(18)7-10/h8-12,18H,2-7H2,1H3. The Morgan fingerprint density at radius 1 is 1.26 bits per heavy atom. The fraction of sp³-hybridized carbons (Fsp3) is 0.714. The number of ether oxygens (including phenoxy) is 1. The molecular weight excluding hydrogens is 242 g/mol. The molecule has 2 aliphatic rings. The quantitative estimate of drug-likeness (QED) is 0.891. The number of nitrogens with zero attached hydrogens (tertiary/aromatic N) is 3. The van der Waals surface area contributed by atoms with Crippen LogP contribution in [-0.4, -0.2) is 47.5 Å². The fourth-order valence-electron chi connectivity index (χ4n) is 2.91. The molecule has 0 aromatic carbocycles. The van der Waals surface area contributed by atoms with Gasteiger partial charge < -0.3 is 14.7 Å². The SMILES string of the molecule is COC1CCN(c2cc(C3CC(O)C3)ncn2)CC1. The number of piperidine rings is 1. The highest BCUT2D eigenvalue weighted by Gasteiger charge is 2.30. The molecule has 3 rings (SSSR count). The maximum Gasteiger partial charge on any atom is 0.132 e. The highest BCUT2D eigenvalue weighted by atomic mass is 16.5. The monoisotopic (exact) mass is 263 g/mol. The first-order valence-corrected chi connectivity index (χ1v) is 7.04. The van der Waals surface area contributed by atoms with E-state index in [2.05, 4.69) is 20.9 Å². The van der Waals surface area contributed by atoms with Crippen LogP contribution in [-0.2, 0) is 4.74 Å². The van der Waals surface area contributed by atoms with Gasteiger partial charge in [-0.2, -0.15) is 0 Å². The number of aliphatic hydroxyl groups is 1. The van der Waals surface area contributed by atoms with Gasteiger partial charge in [-0.15, -0.1) is 0 Å². The predicted molar refractivity (Wildman–Crippen MR) is 72.3 cm³/mol. The number of hydrogen-bond acceptors (Lipinski definition) is 5. The van der Waals surface area contributed by atoms with Gasteiger partial charge >= 0.3 is 0 Å². The Bertz CT molecular complexity index is 426. The van der Waals surface area contributed by atoms with Gasteiger partial charge in [-0.05, 0) is 25.7 Å². The van der Waals surface area contributed by atoms with Crippen molar-refractivity contribution < 1.29 is 9.84 Å². The minimum atomic E-state index is -0.138. The lowest BCUT2D eigenvalue weighted by atomic mass is 9.80. The van der Waals surface area contributed by atoms with Crippen LogP contribution in [0.2, 0.25) is 0 Å². The molecule has 5 nitrogen and oxygen atoms in total. The Balaban J connectivity index is 1.66. The highest BCUT2D eigenvalue weighted by Crippen LogP contribution is 2.36. The van der Waals surface area contributed by atoms with Crippen molar-refractivity contribution >= 4 is 5.82 Å². The summed E-state index contributed by atoms with van der Waals surface area (Å²) < 4.78 is 5.39. The average Bonchev–Trinajstić information content (AvgIpc) is 2.44. The Labute approximate surface area is 113 Å². The molecule has 0 atom stereocenters. The molecule has 1 N–H and O–H groups in total. The summed E-state index contributed by atoms with van der Waals surface area (Å²) in [5.74, 6) is 1.43. The van der Waals surface area contributed by atoms with Gasteiger partial charge in [-0.1, -0.05) is 0 Å². The Morgan fingerprint density at radius 3 is 2.63 bits per heavy atom. The molecule has 1 saturated carbocycles. The summed E-state index contributed by atoms with van der Waals surface area (Å²) in [5.41, 5.74) is 1.07. The van der Waals surface area contributed by atoms with Crippen molar-refractivity contribution in [2.75, 3.05) is 25.1 Å². The predicted octanol–water partition coefficient (Wildman–Crippen LogP) is 1.33. The van der Waals surface area contributed by atoms with Crippen molar-refractivity contribution in [2.24, 2.45) is 0 Å². The van der Waals surface area contributed by atoms with Crippen LogP contribution in [0.3, 0.4) is 0 Å². The molecular formula is C14H21N3O2. The van der Waals surface area contributed by atoms with Crippen molar-refractivity contribution in [3.8, 4) is 0 Å². The number of hydrogen-bond donors (Lipinski definition) is 1.